The summed E-state index contributed by atoms with van der Waals surface area (Å²) in [4.78, 5) is 17.2. The smallest absolute Gasteiger partial charge is 0.335 e. The van der Waals surface area contributed by atoms with Crippen molar-refractivity contribution < 1.29 is 30.1 Å². The van der Waals surface area contributed by atoms with Gasteiger partial charge in [0.1, 0.15) is 11.8 Å². The second-order valence-corrected chi connectivity index (χ2v) is 7.32. The standard InChI is InChI=1S/C24H18N2O6/c27-18-12-8-14(9-13-18)20-19-21(32-26(20)17-4-2-1-3-5-17)23(29)25(22(19)28)16-10-6-15(7-11-16)24(30)31/h1-13,20,27-29H,(H,30,31)/t20-/m0/s1. The Bertz CT molecular complexity index is 1300. The molecule has 1 atom stereocenters. The van der Waals surface area contributed by atoms with Crippen molar-refractivity contribution in [2.24, 2.45) is 0 Å². The van der Waals surface area contributed by atoms with Gasteiger partial charge in [-0.05, 0) is 54.1 Å². The number of rotatable bonds is 4. The molecule has 32 heavy (non-hydrogen) atoms. The van der Waals surface area contributed by atoms with E-state index < -0.39 is 12.0 Å². The molecule has 0 radical (unpaired) electrons. The highest BCUT2D eigenvalue weighted by Crippen LogP contribution is 2.54. The van der Waals surface area contributed by atoms with Crippen LogP contribution in [-0.4, -0.2) is 31.0 Å². The van der Waals surface area contributed by atoms with Gasteiger partial charge in [0.15, 0.2) is 0 Å². The fourth-order valence-electron chi connectivity index (χ4n) is 3.88. The molecule has 0 aliphatic carbocycles. The minimum absolute atomic E-state index is 0.0842. The topological polar surface area (TPSA) is 115 Å². The van der Waals surface area contributed by atoms with Gasteiger partial charge in [-0.15, -0.1) is 0 Å². The number of hydrogen-bond acceptors (Lipinski definition) is 6. The maximum Gasteiger partial charge on any atom is 0.335 e. The van der Waals surface area contributed by atoms with Crippen LogP contribution in [0.1, 0.15) is 27.5 Å². The van der Waals surface area contributed by atoms with Gasteiger partial charge in [-0.25, -0.2) is 9.36 Å². The highest BCUT2D eigenvalue weighted by molar-refractivity contribution is 5.87. The molecule has 0 bridgehead atoms. The van der Waals surface area contributed by atoms with Crippen molar-refractivity contribution >= 4 is 11.7 Å². The van der Waals surface area contributed by atoms with Crippen LogP contribution in [0, 0.1) is 0 Å². The molecule has 0 fully saturated rings. The van der Waals surface area contributed by atoms with Crippen LogP contribution in [0.15, 0.2) is 78.9 Å². The van der Waals surface area contributed by atoms with Gasteiger partial charge in [0.25, 0.3) is 0 Å². The first-order valence-corrected chi connectivity index (χ1v) is 9.77. The molecule has 160 valence electrons. The maximum atomic E-state index is 11.1. The van der Waals surface area contributed by atoms with E-state index in [0.717, 1.165) is 5.56 Å². The third-order valence-electron chi connectivity index (χ3n) is 5.40. The molecule has 5 rings (SSSR count). The molecule has 0 spiro atoms. The number of para-hydroxylation sites is 1. The summed E-state index contributed by atoms with van der Waals surface area (Å²) >= 11 is 0. The summed E-state index contributed by atoms with van der Waals surface area (Å²) in [6, 6.07) is 20.9. The number of aromatic carboxylic acids is 1. The molecule has 8 nitrogen and oxygen atoms in total. The van der Waals surface area contributed by atoms with Gasteiger partial charge >= 0.3 is 5.97 Å². The zero-order valence-corrected chi connectivity index (χ0v) is 16.6. The van der Waals surface area contributed by atoms with E-state index in [1.54, 1.807) is 17.2 Å². The molecular formula is C24H18N2O6. The number of hydrogen-bond donors (Lipinski definition) is 4. The summed E-state index contributed by atoms with van der Waals surface area (Å²) in [6.07, 6.45) is 0. The number of aromatic hydroxyl groups is 3. The summed E-state index contributed by atoms with van der Waals surface area (Å²) in [5.74, 6) is -1.44. The van der Waals surface area contributed by atoms with Crippen molar-refractivity contribution in [1.29, 1.82) is 0 Å². The summed E-state index contributed by atoms with van der Waals surface area (Å²) in [6.45, 7) is 0. The van der Waals surface area contributed by atoms with Crippen LogP contribution in [0.4, 0.5) is 5.69 Å². The van der Waals surface area contributed by atoms with E-state index in [9.17, 15) is 20.1 Å². The number of anilines is 1. The van der Waals surface area contributed by atoms with E-state index in [0.29, 0.717) is 16.9 Å². The first-order chi connectivity index (χ1) is 15.5. The zero-order chi connectivity index (χ0) is 22.4. The predicted molar refractivity (Wildman–Crippen MR) is 116 cm³/mol. The van der Waals surface area contributed by atoms with Crippen LogP contribution in [0.5, 0.6) is 23.3 Å². The van der Waals surface area contributed by atoms with E-state index in [-0.39, 0.29) is 28.8 Å². The number of aromatic nitrogens is 1. The number of carboxylic acid groups (broad SMARTS) is 1. The number of fused-ring (bicyclic) bond motifs is 1. The Kier molecular flexibility index (Phi) is 4.41. The third-order valence-corrected chi connectivity index (χ3v) is 5.40. The molecule has 0 unspecified atom stereocenters. The normalized spacial score (nSPS) is 14.8. The number of phenols is 1. The predicted octanol–water partition coefficient (Wildman–Crippen LogP) is 4.20. The van der Waals surface area contributed by atoms with E-state index in [2.05, 4.69) is 0 Å². The van der Waals surface area contributed by atoms with E-state index in [1.807, 2.05) is 30.3 Å². The van der Waals surface area contributed by atoms with Gasteiger partial charge in [-0.1, -0.05) is 30.3 Å². The van der Waals surface area contributed by atoms with Gasteiger partial charge in [0, 0.05) is 0 Å². The van der Waals surface area contributed by atoms with E-state index >= 15 is 0 Å². The maximum absolute atomic E-state index is 11.1. The minimum atomic E-state index is -1.07. The largest absolute Gasteiger partial charge is 0.508 e. The lowest BCUT2D eigenvalue weighted by atomic mass is 10.00. The van der Waals surface area contributed by atoms with Crippen molar-refractivity contribution in [2.45, 2.75) is 6.04 Å². The zero-order valence-electron chi connectivity index (χ0n) is 16.6. The lowest BCUT2D eigenvalue weighted by Crippen LogP contribution is -2.27. The Balaban J connectivity index is 1.66. The Morgan fingerprint density at radius 2 is 1.44 bits per heavy atom. The molecule has 0 amide bonds. The average Bonchev–Trinajstić information content (AvgIpc) is 3.31. The molecule has 2 heterocycles. The van der Waals surface area contributed by atoms with Gasteiger partial charge in [0.2, 0.25) is 17.5 Å². The molecule has 0 saturated carbocycles. The molecule has 8 heteroatoms. The average molecular weight is 430 g/mol. The first-order valence-electron chi connectivity index (χ1n) is 9.77. The second-order valence-electron chi connectivity index (χ2n) is 7.32. The van der Waals surface area contributed by atoms with Crippen LogP contribution in [0.25, 0.3) is 5.69 Å². The Morgan fingerprint density at radius 1 is 0.781 bits per heavy atom. The Morgan fingerprint density at radius 3 is 2.06 bits per heavy atom. The quantitative estimate of drug-likeness (QED) is 0.384. The highest BCUT2D eigenvalue weighted by Gasteiger charge is 2.43. The van der Waals surface area contributed by atoms with Crippen molar-refractivity contribution in [3.63, 3.8) is 0 Å². The van der Waals surface area contributed by atoms with E-state index in [1.165, 1.54) is 41.0 Å². The Hall–Kier alpha value is -4.59. The summed E-state index contributed by atoms with van der Waals surface area (Å²) in [5, 5.41) is 42.5. The molecule has 1 aromatic heterocycles. The molecule has 1 aliphatic rings. The van der Waals surface area contributed by atoms with E-state index in [4.69, 9.17) is 9.94 Å². The lowest BCUT2D eigenvalue weighted by Gasteiger charge is -2.26. The molecule has 0 saturated heterocycles. The molecule has 4 N–H and O–H groups in total. The fraction of sp³-hybridized carbons (Fsp3) is 0.0417. The third kappa shape index (κ3) is 2.97. The van der Waals surface area contributed by atoms with Crippen molar-refractivity contribution in [2.75, 3.05) is 5.06 Å². The van der Waals surface area contributed by atoms with Gasteiger partial charge in [-0.2, -0.15) is 5.06 Å². The number of benzene rings is 3. The molecule has 3 aromatic carbocycles. The highest BCUT2D eigenvalue weighted by atomic mass is 16.7. The van der Waals surface area contributed by atoms with Crippen LogP contribution in [0.2, 0.25) is 0 Å². The molecule has 4 aromatic rings. The summed E-state index contributed by atoms with van der Waals surface area (Å²) in [5.41, 5.74) is 2.23. The van der Waals surface area contributed by atoms with Crippen LogP contribution < -0.4 is 9.90 Å². The van der Waals surface area contributed by atoms with Crippen molar-refractivity contribution in [1.82, 2.24) is 4.57 Å². The van der Waals surface area contributed by atoms with Gasteiger partial charge in [-0.3, -0.25) is 0 Å². The Labute approximate surface area is 182 Å². The van der Waals surface area contributed by atoms with Crippen molar-refractivity contribution in [3.8, 4) is 28.9 Å². The molecule has 1 aliphatic heterocycles. The number of carboxylic acids is 1. The van der Waals surface area contributed by atoms with Gasteiger partial charge in [0.05, 0.1) is 22.5 Å². The number of nitrogens with zero attached hydrogens (tertiary/aromatic N) is 2. The SMILES string of the molecule is O=C(O)c1ccc(-n2c(O)c3c(c2O)[C@H](c2ccc(O)cc2)N(c2ccccc2)O3)cc1. The number of phenolic OH excluding ortho intramolecular Hbond substituents is 1. The monoisotopic (exact) mass is 430 g/mol. The lowest BCUT2D eigenvalue weighted by molar-refractivity contribution is 0.0697. The minimum Gasteiger partial charge on any atom is -0.508 e. The van der Waals surface area contributed by atoms with Crippen molar-refractivity contribution in [3.05, 3.63) is 95.6 Å². The molecular weight excluding hydrogens is 412 g/mol. The number of hydroxylamine groups is 1. The van der Waals surface area contributed by atoms with Crippen LogP contribution in [-0.2, 0) is 0 Å². The summed E-state index contributed by atoms with van der Waals surface area (Å²) in [7, 11) is 0. The van der Waals surface area contributed by atoms with Crippen LogP contribution >= 0.6 is 0 Å². The first kappa shape index (κ1) is 19.4. The van der Waals surface area contributed by atoms with Crippen LogP contribution in [0.3, 0.4) is 0 Å². The fourth-order valence-corrected chi connectivity index (χ4v) is 3.88. The summed E-state index contributed by atoms with van der Waals surface area (Å²) < 4.78 is 1.20. The number of carbonyl (C=O) groups is 1. The van der Waals surface area contributed by atoms with Gasteiger partial charge < -0.3 is 25.3 Å². The second kappa shape index (κ2) is 7.28.